The number of carbonyl (C=O) groups excluding carboxylic acids is 2. The number of para-hydroxylation sites is 1. The van der Waals surface area contributed by atoms with Crippen molar-refractivity contribution in [3.63, 3.8) is 0 Å². The van der Waals surface area contributed by atoms with Gasteiger partial charge < -0.3 is 10.1 Å². The molecule has 1 aliphatic rings. The largest absolute Gasteiger partial charge is 0.455 e. The number of benzene rings is 1. The molecule has 120 valence electrons. The summed E-state index contributed by atoms with van der Waals surface area (Å²) in [7, 11) is 0. The first-order valence-electron chi connectivity index (χ1n) is 8.16. The lowest BCUT2D eigenvalue weighted by Crippen LogP contribution is -2.26. The van der Waals surface area contributed by atoms with E-state index in [2.05, 4.69) is 5.32 Å². The number of anilines is 1. The molecule has 0 bridgehead atoms. The van der Waals surface area contributed by atoms with E-state index in [9.17, 15) is 9.59 Å². The van der Waals surface area contributed by atoms with Gasteiger partial charge in [-0.3, -0.25) is 9.59 Å². The molecular formula is C18H25NO3. The van der Waals surface area contributed by atoms with E-state index in [1.165, 1.54) is 6.42 Å². The normalized spacial score (nSPS) is 15.4. The number of rotatable bonds is 5. The Morgan fingerprint density at radius 3 is 2.64 bits per heavy atom. The number of carbonyl (C=O) groups is 2. The SMILES string of the molecule is CCc1cccc(C)c1NC(=O)COC(=O)C1CCCCC1. The van der Waals surface area contributed by atoms with E-state index in [-0.39, 0.29) is 24.4 Å². The van der Waals surface area contributed by atoms with Crippen LogP contribution >= 0.6 is 0 Å². The van der Waals surface area contributed by atoms with Crippen LogP contribution in [0.2, 0.25) is 0 Å². The van der Waals surface area contributed by atoms with Gasteiger partial charge >= 0.3 is 5.97 Å². The van der Waals surface area contributed by atoms with Crippen LogP contribution in [0.5, 0.6) is 0 Å². The van der Waals surface area contributed by atoms with Crippen LogP contribution in [0.15, 0.2) is 18.2 Å². The molecule has 0 aliphatic heterocycles. The zero-order chi connectivity index (χ0) is 15.9. The number of hydrogen-bond acceptors (Lipinski definition) is 3. The molecule has 1 N–H and O–H groups in total. The summed E-state index contributed by atoms with van der Waals surface area (Å²) in [6.45, 7) is 3.81. The quantitative estimate of drug-likeness (QED) is 0.845. The van der Waals surface area contributed by atoms with Gasteiger partial charge in [0.05, 0.1) is 5.92 Å². The number of aryl methyl sites for hydroxylation is 2. The van der Waals surface area contributed by atoms with Crippen LogP contribution in [0.1, 0.15) is 50.2 Å². The van der Waals surface area contributed by atoms with Crippen molar-refractivity contribution in [1.82, 2.24) is 0 Å². The van der Waals surface area contributed by atoms with Crippen LogP contribution in [-0.2, 0) is 20.7 Å². The lowest BCUT2D eigenvalue weighted by Gasteiger charge is -2.20. The lowest BCUT2D eigenvalue weighted by atomic mass is 9.89. The van der Waals surface area contributed by atoms with E-state index in [4.69, 9.17) is 4.74 Å². The van der Waals surface area contributed by atoms with E-state index < -0.39 is 0 Å². The zero-order valence-corrected chi connectivity index (χ0v) is 13.5. The van der Waals surface area contributed by atoms with Crippen molar-refractivity contribution in [1.29, 1.82) is 0 Å². The highest BCUT2D eigenvalue weighted by Gasteiger charge is 2.23. The predicted octanol–water partition coefficient (Wildman–Crippen LogP) is 3.62. The van der Waals surface area contributed by atoms with E-state index in [0.29, 0.717) is 0 Å². The Labute approximate surface area is 132 Å². The van der Waals surface area contributed by atoms with Gasteiger partial charge in [0.15, 0.2) is 6.61 Å². The van der Waals surface area contributed by atoms with Crippen LogP contribution in [-0.4, -0.2) is 18.5 Å². The maximum atomic E-state index is 12.0. The molecule has 1 aromatic rings. The van der Waals surface area contributed by atoms with Crippen LogP contribution in [0.25, 0.3) is 0 Å². The highest BCUT2D eigenvalue weighted by atomic mass is 16.5. The Morgan fingerprint density at radius 2 is 1.95 bits per heavy atom. The average Bonchev–Trinajstić information content (AvgIpc) is 2.55. The van der Waals surface area contributed by atoms with Crippen molar-refractivity contribution in [2.45, 2.75) is 52.4 Å². The third-order valence-electron chi connectivity index (χ3n) is 4.29. The zero-order valence-electron chi connectivity index (χ0n) is 13.5. The van der Waals surface area contributed by atoms with Gasteiger partial charge in [-0.2, -0.15) is 0 Å². The van der Waals surface area contributed by atoms with Gasteiger partial charge in [-0.1, -0.05) is 44.4 Å². The molecule has 0 unspecified atom stereocenters. The molecule has 0 saturated heterocycles. The van der Waals surface area contributed by atoms with E-state index in [1.54, 1.807) is 0 Å². The summed E-state index contributed by atoms with van der Waals surface area (Å²) < 4.78 is 5.18. The highest BCUT2D eigenvalue weighted by molar-refractivity contribution is 5.94. The maximum absolute atomic E-state index is 12.0. The lowest BCUT2D eigenvalue weighted by molar-refractivity contribution is -0.152. The minimum absolute atomic E-state index is 0.0220. The predicted molar refractivity (Wildman–Crippen MR) is 86.7 cm³/mol. The second-order valence-corrected chi connectivity index (χ2v) is 5.95. The third kappa shape index (κ3) is 4.33. The summed E-state index contributed by atoms with van der Waals surface area (Å²) in [5.41, 5.74) is 2.95. The number of hydrogen-bond donors (Lipinski definition) is 1. The van der Waals surface area contributed by atoms with Gasteiger partial charge in [0, 0.05) is 5.69 Å². The fraction of sp³-hybridized carbons (Fsp3) is 0.556. The van der Waals surface area contributed by atoms with Gasteiger partial charge in [-0.05, 0) is 37.3 Å². The molecule has 1 amide bonds. The summed E-state index contributed by atoms with van der Waals surface area (Å²) in [4.78, 5) is 24.0. The van der Waals surface area contributed by atoms with E-state index >= 15 is 0 Å². The number of nitrogens with one attached hydrogen (secondary N) is 1. The van der Waals surface area contributed by atoms with Crippen molar-refractivity contribution < 1.29 is 14.3 Å². The number of amides is 1. The van der Waals surface area contributed by atoms with Gasteiger partial charge in [-0.15, -0.1) is 0 Å². The molecule has 4 nitrogen and oxygen atoms in total. The van der Waals surface area contributed by atoms with E-state index in [1.807, 2.05) is 32.0 Å². The second kappa shape index (κ2) is 7.97. The van der Waals surface area contributed by atoms with E-state index in [0.717, 1.165) is 48.9 Å². The molecule has 0 aromatic heterocycles. The topological polar surface area (TPSA) is 55.4 Å². The molecule has 4 heteroatoms. The summed E-state index contributed by atoms with van der Waals surface area (Å²) in [6.07, 6.45) is 5.97. The molecule has 0 heterocycles. The molecule has 1 fully saturated rings. The van der Waals surface area contributed by atoms with Crippen molar-refractivity contribution in [2.24, 2.45) is 5.92 Å². The van der Waals surface area contributed by atoms with Crippen LogP contribution in [0.4, 0.5) is 5.69 Å². The molecule has 0 radical (unpaired) electrons. The molecule has 2 rings (SSSR count). The molecular weight excluding hydrogens is 278 g/mol. The Morgan fingerprint density at radius 1 is 1.23 bits per heavy atom. The first-order valence-corrected chi connectivity index (χ1v) is 8.16. The van der Waals surface area contributed by atoms with Crippen molar-refractivity contribution in [3.05, 3.63) is 29.3 Å². The summed E-state index contributed by atoms with van der Waals surface area (Å²) in [5.74, 6) is -0.519. The fourth-order valence-electron chi connectivity index (χ4n) is 2.97. The van der Waals surface area contributed by atoms with Crippen molar-refractivity contribution in [3.8, 4) is 0 Å². The van der Waals surface area contributed by atoms with Crippen LogP contribution < -0.4 is 5.32 Å². The monoisotopic (exact) mass is 303 g/mol. The minimum Gasteiger partial charge on any atom is -0.455 e. The van der Waals surface area contributed by atoms with Crippen LogP contribution in [0.3, 0.4) is 0 Å². The standard InChI is InChI=1S/C18H25NO3/c1-3-14-11-7-8-13(2)17(14)19-16(20)12-22-18(21)15-9-5-4-6-10-15/h7-8,11,15H,3-6,9-10,12H2,1-2H3,(H,19,20). The molecule has 0 spiro atoms. The maximum Gasteiger partial charge on any atom is 0.309 e. The van der Waals surface area contributed by atoms with Gasteiger partial charge in [0.2, 0.25) is 0 Å². The van der Waals surface area contributed by atoms with Crippen molar-refractivity contribution in [2.75, 3.05) is 11.9 Å². The van der Waals surface area contributed by atoms with Gasteiger partial charge in [-0.25, -0.2) is 0 Å². The Hall–Kier alpha value is -1.84. The Kier molecular flexibility index (Phi) is 5.99. The average molecular weight is 303 g/mol. The fourth-order valence-corrected chi connectivity index (χ4v) is 2.97. The summed E-state index contributed by atoms with van der Waals surface area (Å²) in [6, 6.07) is 5.94. The van der Waals surface area contributed by atoms with Crippen molar-refractivity contribution >= 4 is 17.6 Å². The highest BCUT2D eigenvalue weighted by Crippen LogP contribution is 2.25. The smallest absolute Gasteiger partial charge is 0.309 e. The molecule has 1 saturated carbocycles. The molecule has 0 atom stereocenters. The van der Waals surface area contributed by atoms with Crippen LogP contribution in [0, 0.1) is 12.8 Å². The first kappa shape index (κ1) is 16.5. The first-order chi connectivity index (χ1) is 10.6. The minimum atomic E-state index is -0.270. The second-order valence-electron chi connectivity index (χ2n) is 5.95. The summed E-state index contributed by atoms with van der Waals surface area (Å²) in [5, 5.41) is 2.87. The third-order valence-corrected chi connectivity index (χ3v) is 4.29. The molecule has 22 heavy (non-hydrogen) atoms. The molecule has 1 aliphatic carbocycles. The van der Waals surface area contributed by atoms with Gasteiger partial charge in [0.1, 0.15) is 0 Å². The number of ether oxygens (including phenoxy) is 1. The Balaban J connectivity index is 1.87. The molecule has 1 aromatic carbocycles. The van der Waals surface area contributed by atoms with Gasteiger partial charge in [0.25, 0.3) is 5.91 Å². The Bertz CT molecular complexity index is 533. The summed E-state index contributed by atoms with van der Waals surface area (Å²) >= 11 is 0. The number of esters is 1.